The maximum absolute atomic E-state index is 5.81. The van der Waals surface area contributed by atoms with E-state index < -0.39 is 0 Å². The van der Waals surface area contributed by atoms with Crippen molar-refractivity contribution in [1.82, 2.24) is 5.16 Å². The number of halogens is 1. The SMILES string of the molecule is CC(C)c1ccc(-c2oncc2CCl)cc1. The Hall–Kier alpha value is -1.28. The van der Waals surface area contributed by atoms with Gasteiger partial charge in [0.25, 0.3) is 0 Å². The van der Waals surface area contributed by atoms with Gasteiger partial charge < -0.3 is 4.52 Å². The molecule has 0 radical (unpaired) electrons. The van der Waals surface area contributed by atoms with Gasteiger partial charge in [-0.15, -0.1) is 11.6 Å². The largest absolute Gasteiger partial charge is 0.356 e. The van der Waals surface area contributed by atoms with E-state index in [4.69, 9.17) is 16.1 Å². The van der Waals surface area contributed by atoms with Crippen LogP contribution >= 0.6 is 11.6 Å². The van der Waals surface area contributed by atoms with Gasteiger partial charge >= 0.3 is 0 Å². The molecule has 0 amide bonds. The fraction of sp³-hybridized carbons (Fsp3) is 0.308. The highest BCUT2D eigenvalue weighted by Gasteiger charge is 2.09. The van der Waals surface area contributed by atoms with Crippen molar-refractivity contribution in [3.8, 4) is 11.3 Å². The minimum atomic E-state index is 0.421. The van der Waals surface area contributed by atoms with Crippen molar-refractivity contribution in [3.63, 3.8) is 0 Å². The fourth-order valence-corrected chi connectivity index (χ4v) is 1.80. The van der Waals surface area contributed by atoms with Gasteiger partial charge in [-0.2, -0.15) is 0 Å². The maximum atomic E-state index is 5.81. The molecule has 0 fully saturated rings. The minimum Gasteiger partial charge on any atom is -0.356 e. The summed E-state index contributed by atoms with van der Waals surface area (Å²) in [6.07, 6.45) is 1.67. The zero-order valence-corrected chi connectivity index (χ0v) is 10.2. The van der Waals surface area contributed by atoms with Crippen LogP contribution in [0.1, 0.15) is 30.9 Å². The van der Waals surface area contributed by atoms with Gasteiger partial charge in [-0.1, -0.05) is 43.3 Å². The monoisotopic (exact) mass is 235 g/mol. The molecular weight excluding hydrogens is 222 g/mol. The second-order valence-corrected chi connectivity index (χ2v) is 4.36. The van der Waals surface area contributed by atoms with Gasteiger partial charge in [-0.3, -0.25) is 0 Å². The molecule has 84 valence electrons. The number of hydrogen-bond acceptors (Lipinski definition) is 2. The predicted molar refractivity (Wildman–Crippen MR) is 65.6 cm³/mol. The molecule has 0 saturated heterocycles. The van der Waals surface area contributed by atoms with Gasteiger partial charge in [0.2, 0.25) is 0 Å². The molecule has 2 aromatic rings. The molecule has 0 aliphatic heterocycles. The van der Waals surface area contributed by atoms with Crippen molar-refractivity contribution in [2.75, 3.05) is 0 Å². The fourth-order valence-electron chi connectivity index (χ4n) is 1.61. The van der Waals surface area contributed by atoms with Crippen LogP contribution in [0.3, 0.4) is 0 Å². The molecule has 0 atom stereocenters. The highest BCUT2D eigenvalue weighted by molar-refractivity contribution is 6.17. The highest BCUT2D eigenvalue weighted by Crippen LogP contribution is 2.26. The van der Waals surface area contributed by atoms with E-state index in [1.165, 1.54) is 5.56 Å². The topological polar surface area (TPSA) is 26.0 Å². The Bertz CT molecular complexity index is 459. The van der Waals surface area contributed by atoms with Crippen LogP contribution in [0, 0.1) is 0 Å². The maximum Gasteiger partial charge on any atom is 0.171 e. The quantitative estimate of drug-likeness (QED) is 0.745. The summed E-state index contributed by atoms with van der Waals surface area (Å²) in [5.41, 5.74) is 3.27. The zero-order valence-electron chi connectivity index (χ0n) is 9.40. The molecule has 0 saturated carbocycles. The Morgan fingerprint density at radius 2 is 1.94 bits per heavy atom. The van der Waals surface area contributed by atoms with Crippen molar-refractivity contribution in [3.05, 3.63) is 41.6 Å². The molecule has 2 rings (SSSR count). The molecule has 3 heteroatoms. The van der Waals surface area contributed by atoms with Crippen LogP contribution < -0.4 is 0 Å². The molecular formula is C13H14ClNO. The third-order valence-electron chi connectivity index (χ3n) is 2.63. The second kappa shape index (κ2) is 4.71. The summed E-state index contributed by atoms with van der Waals surface area (Å²) < 4.78 is 5.21. The highest BCUT2D eigenvalue weighted by atomic mass is 35.5. The first-order chi connectivity index (χ1) is 7.72. The molecule has 0 bridgehead atoms. The van der Waals surface area contributed by atoms with Crippen LogP contribution in [-0.4, -0.2) is 5.16 Å². The average molecular weight is 236 g/mol. The lowest BCUT2D eigenvalue weighted by atomic mass is 10.0. The molecule has 0 aliphatic rings. The van der Waals surface area contributed by atoms with Crippen LogP contribution in [0.2, 0.25) is 0 Å². The first-order valence-electron chi connectivity index (χ1n) is 5.32. The van der Waals surface area contributed by atoms with Crippen LogP contribution in [0.15, 0.2) is 35.0 Å². The summed E-state index contributed by atoms with van der Waals surface area (Å²) in [7, 11) is 0. The van der Waals surface area contributed by atoms with Gasteiger partial charge in [0.1, 0.15) is 0 Å². The van der Waals surface area contributed by atoms with Gasteiger partial charge in [0.15, 0.2) is 5.76 Å². The summed E-state index contributed by atoms with van der Waals surface area (Å²) in [6, 6.07) is 8.32. The number of rotatable bonds is 3. The Morgan fingerprint density at radius 3 is 2.50 bits per heavy atom. The predicted octanol–water partition coefficient (Wildman–Crippen LogP) is 4.20. The van der Waals surface area contributed by atoms with Gasteiger partial charge in [-0.25, -0.2) is 0 Å². The summed E-state index contributed by atoms with van der Waals surface area (Å²) >= 11 is 5.81. The van der Waals surface area contributed by atoms with E-state index >= 15 is 0 Å². The standard InChI is InChI=1S/C13H14ClNO/c1-9(2)10-3-5-11(6-4-10)13-12(7-14)8-15-16-13/h3-6,8-9H,7H2,1-2H3. The number of nitrogens with zero attached hydrogens (tertiary/aromatic N) is 1. The normalized spacial score (nSPS) is 11.0. The number of benzene rings is 1. The molecule has 1 aromatic carbocycles. The molecule has 0 aliphatic carbocycles. The van der Waals surface area contributed by atoms with E-state index in [2.05, 4.69) is 31.1 Å². The number of hydrogen-bond donors (Lipinski definition) is 0. The minimum absolute atomic E-state index is 0.421. The molecule has 1 aromatic heterocycles. The summed E-state index contributed by atoms with van der Waals surface area (Å²) in [5, 5.41) is 3.77. The second-order valence-electron chi connectivity index (χ2n) is 4.09. The number of alkyl halides is 1. The zero-order chi connectivity index (χ0) is 11.5. The smallest absolute Gasteiger partial charge is 0.171 e. The number of aromatic nitrogens is 1. The van der Waals surface area contributed by atoms with Crippen molar-refractivity contribution < 1.29 is 4.52 Å². The molecule has 2 nitrogen and oxygen atoms in total. The average Bonchev–Trinajstić information content (AvgIpc) is 2.77. The summed E-state index contributed by atoms with van der Waals surface area (Å²) in [5.74, 6) is 1.73. The lowest BCUT2D eigenvalue weighted by Crippen LogP contribution is -1.87. The molecule has 0 N–H and O–H groups in total. The lowest BCUT2D eigenvalue weighted by molar-refractivity contribution is 0.432. The van der Waals surface area contributed by atoms with Gasteiger partial charge in [0.05, 0.1) is 12.1 Å². The van der Waals surface area contributed by atoms with E-state index in [9.17, 15) is 0 Å². The van der Waals surface area contributed by atoms with E-state index in [0.717, 1.165) is 16.9 Å². The first kappa shape index (κ1) is 11.2. The lowest BCUT2D eigenvalue weighted by Gasteiger charge is -2.05. The van der Waals surface area contributed by atoms with Gasteiger partial charge in [0, 0.05) is 11.1 Å². The van der Waals surface area contributed by atoms with Gasteiger partial charge in [-0.05, 0) is 11.5 Å². The van der Waals surface area contributed by atoms with Crippen molar-refractivity contribution in [2.45, 2.75) is 25.6 Å². The van der Waals surface area contributed by atoms with E-state index in [1.54, 1.807) is 6.20 Å². The van der Waals surface area contributed by atoms with E-state index in [0.29, 0.717) is 11.8 Å². The summed E-state index contributed by atoms with van der Waals surface area (Å²) in [4.78, 5) is 0. The van der Waals surface area contributed by atoms with Crippen molar-refractivity contribution in [1.29, 1.82) is 0 Å². The first-order valence-corrected chi connectivity index (χ1v) is 5.85. The van der Waals surface area contributed by atoms with E-state index in [-0.39, 0.29) is 0 Å². The van der Waals surface area contributed by atoms with Crippen LogP contribution in [0.4, 0.5) is 0 Å². The van der Waals surface area contributed by atoms with Crippen molar-refractivity contribution in [2.24, 2.45) is 0 Å². The van der Waals surface area contributed by atoms with Crippen molar-refractivity contribution >= 4 is 11.6 Å². The third kappa shape index (κ3) is 2.12. The molecule has 16 heavy (non-hydrogen) atoms. The Morgan fingerprint density at radius 1 is 1.25 bits per heavy atom. The van der Waals surface area contributed by atoms with Crippen LogP contribution in [-0.2, 0) is 5.88 Å². The molecule has 1 heterocycles. The Labute approximate surface area is 100 Å². The molecule has 0 spiro atoms. The van der Waals surface area contributed by atoms with E-state index in [1.807, 2.05) is 12.1 Å². The Balaban J connectivity index is 2.35. The third-order valence-corrected chi connectivity index (χ3v) is 2.92. The summed E-state index contributed by atoms with van der Waals surface area (Å²) in [6.45, 7) is 4.35. The Kier molecular flexibility index (Phi) is 3.30. The van der Waals surface area contributed by atoms with Crippen LogP contribution in [0.5, 0.6) is 0 Å². The molecule has 0 unspecified atom stereocenters. The van der Waals surface area contributed by atoms with Crippen LogP contribution in [0.25, 0.3) is 11.3 Å².